The fourth-order valence-electron chi connectivity index (χ4n) is 3.84. The summed E-state index contributed by atoms with van der Waals surface area (Å²) >= 11 is 0. The molecule has 2 rings (SSSR count). The first-order valence-corrected chi connectivity index (χ1v) is 10.7. The Hall–Kier alpha value is -1.42. The van der Waals surface area contributed by atoms with E-state index in [4.69, 9.17) is 14.2 Å². The quantitative estimate of drug-likeness (QED) is 0.338. The van der Waals surface area contributed by atoms with Crippen molar-refractivity contribution in [2.45, 2.75) is 56.5 Å². The third-order valence-electron chi connectivity index (χ3n) is 5.68. The first-order chi connectivity index (χ1) is 14.5. The molecule has 0 saturated carbocycles. The lowest BCUT2D eigenvalue weighted by molar-refractivity contribution is -0.145. The Morgan fingerprint density at radius 2 is 1.67 bits per heavy atom. The second-order valence-electron chi connectivity index (χ2n) is 7.76. The van der Waals surface area contributed by atoms with Gasteiger partial charge in [0.1, 0.15) is 12.2 Å². The summed E-state index contributed by atoms with van der Waals surface area (Å²) in [5.41, 5.74) is 1.14. The maximum Gasteiger partial charge on any atom is 0.160 e. The third kappa shape index (κ3) is 7.08. The summed E-state index contributed by atoms with van der Waals surface area (Å²) in [6.07, 6.45) is 1.41. The Balaban J connectivity index is 1.55. The van der Waals surface area contributed by atoms with Gasteiger partial charge in [0.25, 0.3) is 0 Å². The van der Waals surface area contributed by atoms with Crippen molar-refractivity contribution in [2.24, 2.45) is 0 Å². The van der Waals surface area contributed by atoms with Gasteiger partial charge >= 0.3 is 0 Å². The molecular weight excluding hydrogens is 390 g/mol. The smallest absolute Gasteiger partial charge is 0.160 e. The van der Waals surface area contributed by atoms with Gasteiger partial charge in [-0.25, -0.2) is 0 Å². The summed E-state index contributed by atoms with van der Waals surface area (Å²) in [4.78, 5) is 1.86. The molecule has 1 aromatic carbocycles. The Morgan fingerprint density at radius 3 is 2.37 bits per heavy atom. The van der Waals surface area contributed by atoms with E-state index in [1.54, 1.807) is 14.2 Å². The number of rotatable bonds is 13. The molecule has 172 valence electrons. The molecule has 0 aliphatic carbocycles. The van der Waals surface area contributed by atoms with E-state index in [9.17, 15) is 20.4 Å². The second-order valence-corrected chi connectivity index (χ2v) is 7.76. The lowest BCUT2D eigenvalue weighted by Gasteiger charge is -2.43. The summed E-state index contributed by atoms with van der Waals surface area (Å²) in [5, 5.41) is 39.0. The van der Waals surface area contributed by atoms with Gasteiger partial charge in [-0.05, 0) is 43.5 Å². The van der Waals surface area contributed by atoms with Crippen LogP contribution in [0.2, 0.25) is 0 Å². The number of β-amino-alcohol motifs (C(OH)–C–C–N with tert-alkyl or cyclic N) is 1. The summed E-state index contributed by atoms with van der Waals surface area (Å²) in [7, 11) is 3.25. The first kappa shape index (κ1) is 24.8. The highest BCUT2D eigenvalue weighted by molar-refractivity contribution is 5.42. The van der Waals surface area contributed by atoms with Crippen molar-refractivity contribution in [3.63, 3.8) is 0 Å². The zero-order valence-electron chi connectivity index (χ0n) is 18.1. The van der Waals surface area contributed by atoms with Crippen LogP contribution in [0.5, 0.6) is 11.5 Å². The van der Waals surface area contributed by atoms with Crippen molar-refractivity contribution in [3.8, 4) is 11.5 Å². The number of ether oxygens (including phenoxy) is 3. The van der Waals surface area contributed by atoms with Crippen molar-refractivity contribution >= 4 is 0 Å². The fourth-order valence-corrected chi connectivity index (χ4v) is 3.84. The minimum atomic E-state index is -1.20. The minimum Gasteiger partial charge on any atom is -0.493 e. The molecular formula is C22H37NO7. The highest BCUT2D eigenvalue weighted by Crippen LogP contribution is 2.27. The number of hydrogen-bond donors (Lipinski definition) is 4. The molecule has 0 amide bonds. The van der Waals surface area contributed by atoms with Crippen LogP contribution in [0, 0.1) is 0 Å². The van der Waals surface area contributed by atoms with Crippen LogP contribution in [-0.2, 0) is 11.2 Å². The molecule has 30 heavy (non-hydrogen) atoms. The molecule has 1 aliphatic rings. The fraction of sp³-hybridized carbons (Fsp3) is 0.727. The third-order valence-corrected chi connectivity index (χ3v) is 5.68. The zero-order valence-corrected chi connectivity index (χ0v) is 18.1. The molecule has 0 aromatic heterocycles. The molecule has 4 atom stereocenters. The summed E-state index contributed by atoms with van der Waals surface area (Å²) < 4.78 is 16.3. The van der Waals surface area contributed by atoms with Gasteiger partial charge in [0.2, 0.25) is 0 Å². The highest BCUT2D eigenvalue weighted by Gasteiger charge is 2.40. The van der Waals surface area contributed by atoms with E-state index in [0.29, 0.717) is 19.8 Å². The molecule has 0 spiro atoms. The highest BCUT2D eigenvalue weighted by atomic mass is 16.5. The molecule has 8 nitrogen and oxygen atoms in total. The van der Waals surface area contributed by atoms with Crippen molar-refractivity contribution in [3.05, 3.63) is 23.8 Å². The van der Waals surface area contributed by atoms with Gasteiger partial charge in [-0.15, -0.1) is 0 Å². The van der Waals surface area contributed by atoms with Crippen LogP contribution in [0.3, 0.4) is 0 Å². The molecule has 1 saturated heterocycles. The van der Waals surface area contributed by atoms with Crippen molar-refractivity contribution in [2.75, 3.05) is 47.1 Å². The standard InChI is InChI=1S/C22H37NO7/c1-28-19-8-7-16(13-20(19)29-2)9-12-30-11-6-4-3-5-10-23-14-18(25)22(27)21(26)17(23)15-24/h7-8,13,17-18,21-22,24-27H,3-6,9-12,14-15H2,1-2H3/t17-,18+,21-,22-/m1/s1. The van der Waals surface area contributed by atoms with Gasteiger partial charge in [-0.3, -0.25) is 4.90 Å². The predicted molar refractivity (Wildman–Crippen MR) is 113 cm³/mol. The number of piperidine rings is 1. The van der Waals surface area contributed by atoms with Crippen LogP contribution in [0.4, 0.5) is 0 Å². The number of nitrogens with zero attached hydrogens (tertiary/aromatic N) is 1. The van der Waals surface area contributed by atoms with E-state index in [1.165, 1.54) is 0 Å². The average Bonchev–Trinajstić information content (AvgIpc) is 2.76. The van der Waals surface area contributed by atoms with Gasteiger partial charge in [0.05, 0.1) is 39.6 Å². The van der Waals surface area contributed by atoms with Gasteiger partial charge in [-0.2, -0.15) is 0 Å². The monoisotopic (exact) mass is 427 g/mol. The van der Waals surface area contributed by atoms with Gasteiger partial charge < -0.3 is 34.6 Å². The minimum absolute atomic E-state index is 0.237. The van der Waals surface area contributed by atoms with Crippen molar-refractivity contribution < 1.29 is 34.6 Å². The van der Waals surface area contributed by atoms with E-state index in [0.717, 1.165) is 49.2 Å². The number of methoxy groups -OCH3 is 2. The van der Waals surface area contributed by atoms with Crippen LogP contribution in [-0.4, -0.2) is 96.8 Å². The van der Waals surface area contributed by atoms with Crippen LogP contribution in [0.1, 0.15) is 31.2 Å². The average molecular weight is 428 g/mol. The number of hydrogen-bond acceptors (Lipinski definition) is 8. The van der Waals surface area contributed by atoms with E-state index in [-0.39, 0.29) is 13.2 Å². The van der Waals surface area contributed by atoms with Gasteiger partial charge in [-0.1, -0.05) is 18.9 Å². The normalized spacial score (nSPS) is 24.7. The Kier molecular flexibility index (Phi) is 10.8. The lowest BCUT2D eigenvalue weighted by Crippen LogP contribution is -2.62. The number of aliphatic hydroxyl groups is 4. The van der Waals surface area contributed by atoms with E-state index in [1.807, 2.05) is 23.1 Å². The Labute approximate surface area is 179 Å². The maximum absolute atomic E-state index is 10.00. The van der Waals surface area contributed by atoms with Gasteiger partial charge in [0.15, 0.2) is 11.5 Å². The van der Waals surface area contributed by atoms with Crippen LogP contribution < -0.4 is 9.47 Å². The molecule has 1 aliphatic heterocycles. The molecule has 1 fully saturated rings. The lowest BCUT2D eigenvalue weighted by atomic mass is 9.94. The predicted octanol–water partition coefficient (Wildman–Crippen LogP) is 0.583. The molecule has 1 heterocycles. The second kappa shape index (κ2) is 13.1. The topological polar surface area (TPSA) is 112 Å². The number of likely N-dealkylation sites (tertiary alicyclic amines) is 1. The number of unbranched alkanes of at least 4 members (excludes halogenated alkanes) is 3. The molecule has 8 heteroatoms. The zero-order chi connectivity index (χ0) is 21.9. The van der Waals surface area contributed by atoms with Crippen LogP contribution in [0.25, 0.3) is 0 Å². The number of benzene rings is 1. The Morgan fingerprint density at radius 1 is 0.933 bits per heavy atom. The van der Waals surface area contributed by atoms with Gasteiger partial charge in [0, 0.05) is 13.2 Å². The molecule has 0 radical (unpaired) electrons. The molecule has 1 aromatic rings. The molecule has 0 bridgehead atoms. The number of aliphatic hydroxyl groups excluding tert-OH is 4. The van der Waals surface area contributed by atoms with E-state index >= 15 is 0 Å². The van der Waals surface area contributed by atoms with Crippen molar-refractivity contribution in [1.82, 2.24) is 4.90 Å². The first-order valence-electron chi connectivity index (χ1n) is 10.7. The van der Waals surface area contributed by atoms with Crippen LogP contribution in [0.15, 0.2) is 18.2 Å². The SMILES string of the molecule is COc1ccc(CCOCCCCCCN2C[C@H](O)[C@@H](O)[C@H](O)[C@H]2CO)cc1OC. The molecule has 4 N–H and O–H groups in total. The largest absolute Gasteiger partial charge is 0.493 e. The summed E-state index contributed by atoms with van der Waals surface area (Å²) in [6.45, 7) is 2.06. The van der Waals surface area contributed by atoms with Crippen LogP contribution >= 0.6 is 0 Å². The van der Waals surface area contributed by atoms with Crippen molar-refractivity contribution in [1.29, 1.82) is 0 Å². The Bertz CT molecular complexity index is 615. The van der Waals surface area contributed by atoms with E-state index < -0.39 is 24.4 Å². The van der Waals surface area contributed by atoms with E-state index in [2.05, 4.69) is 0 Å². The maximum atomic E-state index is 10.00. The summed E-state index contributed by atoms with van der Waals surface area (Å²) in [6, 6.07) is 5.35. The molecule has 0 unspecified atom stereocenters. The summed E-state index contributed by atoms with van der Waals surface area (Å²) in [5.74, 6) is 1.44.